The summed E-state index contributed by atoms with van der Waals surface area (Å²) in [6.45, 7) is 18.2. The molecule has 0 aliphatic heterocycles. The second kappa shape index (κ2) is 14.2. The summed E-state index contributed by atoms with van der Waals surface area (Å²) in [7, 11) is 0. The normalized spacial score (nSPS) is 11.3. The van der Waals surface area contributed by atoms with E-state index >= 15 is 0 Å². The molecule has 41 heavy (non-hydrogen) atoms. The minimum absolute atomic E-state index is 1.20. The van der Waals surface area contributed by atoms with Gasteiger partial charge in [0.05, 0.1) is 0 Å². The molecule has 216 valence electrons. The van der Waals surface area contributed by atoms with Crippen molar-refractivity contribution in [3.63, 3.8) is 0 Å². The van der Waals surface area contributed by atoms with Gasteiger partial charge >= 0.3 is 0 Å². The second-order valence-electron chi connectivity index (χ2n) is 12.6. The van der Waals surface area contributed by atoms with E-state index < -0.39 is 0 Å². The van der Waals surface area contributed by atoms with Crippen LogP contribution in [0.1, 0.15) is 101 Å². The zero-order chi connectivity index (χ0) is 29.5. The third kappa shape index (κ3) is 7.21. The first kappa shape index (κ1) is 30.8. The Morgan fingerprint density at radius 3 is 1.00 bits per heavy atom. The van der Waals surface area contributed by atoms with Gasteiger partial charge in [0.2, 0.25) is 0 Å². The molecule has 4 rings (SSSR count). The average Bonchev–Trinajstić information content (AvgIpc) is 2.94. The van der Waals surface area contributed by atoms with Crippen molar-refractivity contribution in [1.82, 2.24) is 0 Å². The first-order chi connectivity index (χ1) is 19.7. The third-order valence-electron chi connectivity index (χ3n) is 9.69. The Morgan fingerprint density at radius 1 is 0.341 bits per heavy atom. The van der Waals surface area contributed by atoms with Gasteiger partial charge in [-0.3, -0.25) is 0 Å². The molecule has 0 amide bonds. The summed E-state index contributed by atoms with van der Waals surface area (Å²) < 4.78 is 0. The number of benzene rings is 4. The molecule has 4 aromatic rings. The van der Waals surface area contributed by atoms with Crippen molar-refractivity contribution in [1.29, 1.82) is 0 Å². The number of hydrogen-bond acceptors (Lipinski definition) is 0. The molecular formula is C41H52. The van der Waals surface area contributed by atoms with Crippen LogP contribution in [0.2, 0.25) is 0 Å². The summed E-state index contributed by atoms with van der Waals surface area (Å²) in [6.07, 6.45) is 11.8. The number of aryl methyl sites for hydroxylation is 6. The standard InChI is InChI=1S/C41H52/c1-28-18-16-19-29(2)40(28)38-26-24-36(32(5)34(38)7)22-14-12-10-9-11-13-15-23-37-25-27-39(35(8)33(37)6)41-30(3)20-17-21-31(41)4/h16-21,24-27H,9-15,22-23H2,1-8H3. The SMILES string of the molecule is Cc1cccc(C)c1-c1ccc(CCCCCCCCCc2ccc(-c3c(C)cccc3C)c(C)c2C)c(C)c1C. The minimum atomic E-state index is 1.20. The molecule has 4 aromatic carbocycles. The molecule has 0 aliphatic rings. The van der Waals surface area contributed by atoms with Gasteiger partial charge in [0.1, 0.15) is 0 Å². The fourth-order valence-corrected chi connectivity index (χ4v) is 6.83. The van der Waals surface area contributed by atoms with E-state index in [1.54, 1.807) is 0 Å². The van der Waals surface area contributed by atoms with Crippen LogP contribution in [0.4, 0.5) is 0 Å². The Bertz CT molecular complexity index is 1330. The fraction of sp³-hybridized carbons (Fsp3) is 0.415. The Balaban J connectivity index is 1.19. The quantitative estimate of drug-likeness (QED) is 0.156. The monoisotopic (exact) mass is 544 g/mol. The van der Waals surface area contributed by atoms with Crippen molar-refractivity contribution in [2.45, 2.75) is 113 Å². The van der Waals surface area contributed by atoms with E-state index in [-0.39, 0.29) is 0 Å². The summed E-state index contributed by atoms with van der Waals surface area (Å²) in [5.41, 5.74) is 20.1. The van der Waals surface area contributed by atoms with Gasteiger partial charge in [-0.05, 0) is 159 Å². The topological polar surface area (TPSA) is 0 Å². The lowest BCUT2D eigenvalue weighted by Gasteiger charge is -2.17. The summed E-state index contributed by atoms with van der Waals surface area (Å²) >= 11 is 0. The van der Waals surface area contributed by atoms with Crippen molar-refractivity contribution in [2.24, 2.45) is 0 Å². The van der Waals surface area contributed by atoms with Gasteiger partial charge in [0.15, 0.2) is 0 Å². The molecule has 0 bridgehead atoms. The minimum Gasteiger partial charge on any atom is -0.0617 e. The number of hydrogen-bond donors (Lipinski definition) is 0. The third-order valence-corrected chi connectivity index (χ3v) is 9.69. The van der Waals surface area contributed by atoms with Gasteiger partial charge in [-0.1, -0.05) is 92.8 Å². The van der Waals surface area contributed by atoms with E-state index in [4.69, 9.17) is 0 Å². The Hall–Kier alpha value is -3.12. The number of rotatable bonds is 12. The highest BCUT2D eigenvalue weighted by Gasteiger charge is 2.13. The van der Waals surface area contributed by atoms with E-state index in [2.05, 4.69) is 116 Å². The van der Waals surface area contributed by atoms with E-state index in [1.165, 1.54) is 136 Å². The van der Waals surface area contributed by atoms with Crippen LogP contribution in [0.3, 0.4) is 0 Å². The largest absolute Gasteiger partial charge is 0.0617 e. The van der Waals surface area contributed by atoms with Crippen molar-refractivity contribution < 1.29 is 0 Å². The van der Waals surface area contributed by atoms with E-state index in [9.17, 15) is 0 Å². The van der Waals surface area contributed by atoms with Gasteiger partial charge in [-0.25, -0.2) is 0 Å². The summed E-state index contributed by atoms with van der Waals surface area (Å²) in [5, 5.41) is 0. The molecule has 0 heteroatoms. The maximum absolute atomic E-state index is 2.39. The van der Waals surface area contributed by atoms with Gasteiger partial charge in [0.25, 0.3) is 0 Å². The summed E-state index contributed by atoms with van der Waals surface area (Å²) in [5.74, 6) is 0. The summed E-state index contributed by atoms with van der Waals surface area (Å²) in [6, 6.07) is 22.8. The van der Waals surface area contributed by atoms with Crippen molar-refractivity contribution >= 4 is 0 Å². The lowest BCUT2D eigenvalue weighted by Crippen LogP contribution is -1.98. The predicted octanol–water partition coefficient (Wildman–Crippen LogP) is 12.0. The van der Waals surface area contributed by atoms with E-state index in [0.717, 1.165) is 0 Å². The van der Waals surface area contributed by atoms with Crippen LogP contribution in [0.25, 0.3) is 22.3 Å². The molecule has 0 nitrogen and oxygen atoms in total. The maximum atomic E-state index is 2.39. The van der Waals surface area contributed by atoms with E-state index in [1.807, 2.05) is 0 Å². The molecule has 0 radical (unpaired) electrons. The first-order valence-corrected chi connectivity index (χ1v) is 16.0. The zero-order valence-corrected chi connectivity index (χ0v) is 27.1. The van der Waals surface area contributed by atoms with Crippen LogP contribution < -0.4 is 0 Å². The molecule has 0 unspecified atom stereocenters. The van der Waals surface area contributed by atoms with Crippen LogP contribution in [-0.2, 0) is 12.8 Å². The maximum Gasteiger partial charge on any atom is -0.0123 e. The lowest BCUT2D eigenvalue weighted by molar-refractivity contribution is 0.578. The van der Waals surface area contributed by atoms with Crippen LogP contribution in [0, 0.1) is 55.4 Å². The molecule has 0 saturated heterocycles. The smallest absolute Gasteiger partial charge is 0.0123 e. The molecule has 0 fully saturated rings. The Morgan fingerprint density at radius 2 is 0.659 bits per heavy atom. The van der Waals surface area contributed by atoms with Crippen molar-refractivity contribution in [3.05, 3.63) is 116 Å². The van der Waals surface area contributed by atoms with Gasteiger partial charge in [0, 0.05) is 0 Å². The van der Waals surface area contributed by atoms with Crippen LogP contribution >= 0.6 is 0 Å². The zero-order valence-electron chi connectivity index (χ0n) is 27.1. The molecule has 0 atom stereocenters. The van der Waals surface area contributed by atoms with Crippen LogP contribution in [0.5, 0.6) is 0 Å². The van der Waals surface area contributed by atoms with Crippen molar-refractivity contribution in [2.75, 3.05) is 0 Å². The van der Waals surface area contributed by atoms with Gasteiger partial charge < -0.3 is 0 Å². The number of unbranched alkanes of at least 4 members (excludes halogenated alkanes) is 6. The highest BCUT2D eigenvalue weighted by molar-refractivity contribution is 5.76. The van der Waals surface area contributed by atoms with Gasteiger partial charge in [-0.15, -0.1) is 0 Å². The Labute approximate surface area is 251 Å². The molecule has 0 spiro atoms. The predicted molar refractivity (Wildman–Crippen MR) is 181 cm³/mol. The lowest BCUT2D eigenvalue weighted by atomic mass is 9.88. The average molecular weight is 545 g/mol. The fourth-order valence-electron chi connectivity index (χ4n) is 6.83. The van der Waals surface area contributed by atoms with Crippen LogP contribution in [0.15, 0.2) is 60.7 Å². The molecule has 0 saturated carbocycles. The van der Waals surface area contributed by atoms with Crippen molar-refractivity contribution in [3.8, 4) is 22.3 Å². The van der Waals surface area contributed by atoms with Gasteiger partial charge in [-0.2, -0.15) is 0 Å². The Kier molecular flexibility index (Phi) is 10.7. The second-order valence-corrected chi connectivity index (χ2v) is 12.6. The molecular weight excluding hydrogens is 492 g/mol. The molecule has 0 N–H and O–H groups in total. The highest BCUT2D eigenvalue weighted by Crippen LogP contribution is 2.34. The van der Waals surface area contributed by atoms with E-state index in [0.29, 0.717) is 0 Å². The first-order valence-electron chi connectivity index (χ1n) is 16.0. The molecule has 0 aromatic heterocycles. The highest BCUT2D eigenvalue weighted by atomic mass is 14.2. The van der Waals surface area contributed by atoms with Crippen LogP contribution in [-0.4, -0.2) is 0 Å². The summed E-state index contributed by atoms with van der Waals surface area (Å²) in [4.78, 5) is 0. The molecule has 0 heterocycles. The molecule has 0 aliphatic carbocycles.